The molecule has 1 N–H and O–H groups in total. The largest absolute Gasteiger partial charge is 0.417 e. The minimum Gasteiger partial charge on any atom is -0.351 e. The lowest BCUT2D eigenvalue weighted by Crippen LogP contribution is -2.27. The molecule has 11 heteroatoms. The molecule has 0 aliphatic carbocycles. The molecule has 0 saturated heterocycles. The van der Waals surface area contributed by atoms with Crippen molar-refractivity contribution in [3.8, 4) is 0 Å². The molecule has 0 saturated carbocycles. The van der Waals surface area contributed by atoms with E-state index in [4.69, 9.17) is 11.6 Å². The van der Waals surface area contributed by atoms with Gasteiger partial charge in [0.1, 0.15) is 5.03 Å². The molecular formula is C17H15ClF3N5OS. The molecule has 0 bridgehead atoms. The van der Waals surface area contributed by atoms with Crippen LogP contribution in [0.25, 0.3) is 5.65 Å². The molecule has 0 spiro atoms. The van der Waals surface area contributed by atoms with Gasteiger partial charge in [0.05, 0.1) is 27.5 Å². The highest BCUT2D eigenvalue weighted by atomic mass is 35.5. The van der Waals surface area contributed by atoms with Gasteiger partial charge in [0.15, 0.2) is 5.65 Å². The molecule has 0 aromatic carbocycles. The summed E-state index contributed by atoms with van der Waals surface area (Å²) in [6.45, 7) is 3.89. The van der Waals surface area contributed by atoms with E-state index >= 15 is 0 Å². The van der Waals surface area contributed by atoms with Gasteiger partial charge in [-0.1, -0.05) is 11.6 Å². The SMILES string of the molecule is Cc1cc2ncc(C(=O)NCCSc3ncc(C(F)(F)F)cc3Cl)c(C)n2n1. The number of aromatic nitrogens is 4. The van der Waals surface area contributed by atoms with Crippen molar-refractivity contribution in [2.45, 2.75) is 25.0 Å². The van der Waals surface area contributed by atoms with Crippen molar-refractivity contribution >= 4 is 34.9 Å². The van der Waals surface area contributed by atoms with Crippen molar-refractivity contribution < 1.29 is 18.0 Å². The first kappa shape index (κ1) is 20.4. The second kappa shape index (κ2) is 7.96. The van der Waals surface area contributed by atoms with Crippen LogP contribution < -0.4 is 5.32 Å². The first-order chi connectivity index (χ1) is 13.2. The number of thioether (sulfide) groups is 1. The molecule has 148 valence electrons. The van der Waals surface area contributed by atoms with Gasteiger partial charge < -0.3 is 5.32 Å². The summed E-state index contributed by atoms with van der Waals surface area (Å²) in [5.74, 6) is 0.0755. The molecule has 3 aromatic heterocycles. The Morgan fingerprint density at radius 3 is 2.68 bits per heavy atom. The highest BCUT2D eigenvalue weighted by molar-refractivity contribution is 7.99. The first-order valence-electron chi connectivity index (χ1n) is 8.12. The smallest absolute Gasteiger partial charge is 0.351 e. The van der Waals surface area contributed by atoms with Gasteiger partial charge in [-0.3, -0.25) is 4.79 Å². The fourth-order valence-electron chi connectivity index (χ4n) is 2.48. The fraction of sp³-hybridized carbons (Fsp3) is 0.294. The number of aryl methyl sites for hydroxylation is 2. The Bertz CT molecular complexity index is 1040. The average Bonchev–Trinajstić information content (AvgIpc) is 3.00. The van der Waals surface area contributed by atoms with E-state index in [9.17, 15) is 18.0 Å². The van der Waals surface area contributed by atoms with Crippen LogP contribution in [0, 0.1) is 13.8 Å². The van der Waals surface area contributed by atoms with Crippen molar-refractivity contribution in [3.63, 3.8) is 0 Å². The maximum atomic E-state index is 12.6. The number of halogens is 4. The Kier molecular flexibility index (Phi) is 5.80. The molecule has 0 unspecified atom stereocenters. The number of hydrogen-bond donors (Lipinski definition) is 1. The van der Waals surface area contributed by atoms with Crippen molar-refractivity contribution in [1.29, 1.82) is 0 Å². The molecular weight excluding hydrogens is 415 g/mol. The highest BCUT2D eigenvalue weighted by Gasteiger charge is 2.31. The number of carbonyl (C=O) groups excluding carboxylic acids is 1. The molecule has 0 aliphatic rings. The van der Waals surface area contributed by atoms with Gasteiger partial charge in [-0.05, 0) is 19.9 Å². The minimum atomic E-state index is -4.49. The van der Waals surface area contributed by atoms with Crippen LogP contribution in [-0.2, 0) is 6.18 Å². The molecule has 1 amide bonds. The molecule has 3 heterocycles. The number of amides is 1. The van der Waals surface area contributed by atoms with Gasteiger partial charge in [-0.25, -0.2) is 14.5 Å². The maximum absolute atomic E-state index is 12.6. The Labute approximate surface area is 167 Å². The summed E-state index contributed by atoms with van der Waals surface area (Å²) in [4.78, 5) is 20.3. The standard InChI is InChI=1S/C17H15ClF3N5OS/c1-9-5-14-23-8-12(10(2)26(14)25-9)15(27)22-3-4-28-16-13(18)6-11(7-24-16)17(19,20)21/h5-8H,3-4H2,1-2H3,(H,22,27). The number of hydrogen-bond acceptors (Lipinski definition) is 5. The Hall–Kier alpha value is -2.33. The van der Waals surface area contributed by atoms with Crippen molar-refractivity contribution in [3.05, 3.63) is 52.1 Å². The molecule has 28 heavy (non-hydrogen) atoms. The van der Waals surface area contributed by atoms with Crippen LogP contribution >= 0.6 is 23.4 Å². The summed E-state index contributed by atoms with van der Waals surface area (Å²) in [6.07, 6.45) is -2.26. The van der Waals surface area contributed by atoms with Crippen LogP contribution in [0.5, 0.6) is 0 Å². The summed E-state index contributed by atoms with van der Waals surface area (Å²) in [6, 6.07) is 2.65. The second-order valence-electron chi connectivity index (χ2n) is 5.93. The van der Waals surface area contributed by atoms with Crippen LogP contribution in [-0.4, -0.2) is 37.8 Å². The topological polar surface area (TPSA) is 72.2 Å². The normalized spacial score (nSPS) is 11.8. The van der Waals surface area contributed by atoms with Crippen LogP contribution in [0.1, 0.15) is 27.3 Å². The molecule has 3 rings (SSSR count). The predicted molar refractivity (Wildman–Crippen MR) is 99.8 cm³/mol. The van der Waals surface area contributed by atoms with Gasteiger partial charge in [0.2, 0.25) is 0 Å². The van der Waals surface area contributed by atoms with Gasteiger partial charge in [-0.15, -0.1) is 11.8 Å². The van der Waals surface area contributed by atoms with E-state index in [1.807, 2.05) is 13.0 Å². The van der Waals surface area contributed by atoms with Crippen molar-refractivity contribution in [1.82, 2.24) is 24.9 Å². The Morgan fingerprint density at radius 2 is 2.00 bits per heavy atom. The summed E-state index contributed by atoms with van der Waals surface area (Å²) < 4.78 is 39.5. The number of fused-ring (bicyclic) bond motifs is 1. The fourth-order valence-corrected chi connectivity index (χ4v) is 3.53. The maximum Gasteiger partial charge on any atom is 0.417 e. The molecule has 0 fully saturated rings. The third kappa shape index (κ3) is 4.39. The second-order valence-corrected chi connectivity index (χ2v) is 7.42. The number of pyridine rings is 1. The highest BCUT2D eigenvalue weighted by Crippen LogP contribution is 2.33. The predicted octanol–water partition coefficient (Wildman–Crippen LogP) is 3.94. The zero-order chi connectivity index (χ0) is 20.5. The van der Waals surface area contributed by atoms with E-state index in [1.165, 1.54) is 6.20 Å². The van der Waals surface area contributed by atoms with E-state index in [0.29, 0.717) is 22.7 Å². The number of carbonyl (C=O) groups is 1. The lowest BCUT2D eigenvalue weighted by atomic mass is 10.2. The van der Waals surface area contributed by atoms with E-state index in [-0.39, 0.29) is 22.5 Å². The Morgan fingerprint density at radius 1 is 1.25 bits per heavy atom. The zero-order valence-electron chi connectivity index (χ0n) is 14.8. The van der Waals surface area contributed by atoms with Crippen molar-refractivity contribution in [2.24, 2.45) is 0 Å². The summed E-state index contributed by atoms with van der Waals surface area (Å²) >= 11 is 7.02. The third-order valence-corrected chi connectivity index (χ3v) is 5.26. The van der Waals surface area contributed by atoms with Crippen LogP contribution in [0.4, 0.5) is 13.2 Å². The van der Waals surface area contributed by atoms with E-state index in [0.717, 1.165) is 29.7 Å². The van der Waals surface area contributed by atoms with Gasteiger partial charge >= 0.3 is 6.18 Å². The van der Waals surface area contributed by atoms with Gasteiger partial charge in [-0.2, -0.15) is 18.3 Å². The summed E-state index contributed by atoms with van der Waals surface area (Å²) in [5, 5.41) is 7.23. The number of nitrogens with zero attached hydrogens (tertiary/aromatic N) is 4. The minimum absolute atomic E-state index is 0.0781. The summed E-state index contributed by atoms with van der Waals surface area (Å²) in [7, 11) is 0. The van der Waals surface area contributed by atoms with Gasteiger partial charge in [0, 0.05) is 30.8 Å². The first-order valence-corrected chi connectivity index (χ1v) is 9.49. The van der Waals surface area contributed by atoms with E-state index in [2.05, 4.69) is 20.4 Å². The van der Waals surface area contributed by atoms with Crippen LogP contribution in [0.15, 0.2) is 29.6 Å². The number of nitrogens with one attached hydrogen (secondary N) is 1. The van der Waals surface area contributed by atoms with Crippen LogP contribution in [0.2, 0.25) is 5.02 Å². The molecule has 0 aliphatic heterocycles. The monoisotopic (exact) mass is 429 g/mol. The molecule has 0 radical (unpaired) electrons. The van der Waals surface area contributed by atoms with Crippen LogP contribution in [0.3, 0.4) is 0 Å². The quantitative estimate of drug-likeness (QED) is 0.491. The molecule has 0 atom stereocenters. The molecule has 3 aromatic rings. The zero-order valence-corrected chi connectivity index (χ0v) is 16.4. The number of alkyl halides is 3. The van der Waals surface area contributed by atoms with Crippen molar-refractivity contribution in [2.75, 3.05) is 12.3 Å². The van der Waals surface area contributed by atoms with Gasteiger partial charge in [0.25, 0.3) is 5.91 Å². The van der Waals surface area contributed by atoms with E-state index < -0.39 is 11.7 Å². The lowest BCUT2D eigenvalue weighted by molar-refractivity contribution is -0.137. The summed E-state index contributed by atoms with van der Waals surface area (Å²) in [5.41, 5.74) is 1.61. The average molecular weight is 430 g/mol. The third-order valence-electron chi connectivity index (χ3n) is 3.85. The molecule has 6 nitrogen and oxygen atoms in total. The number of rotatable bonds is 5. The Balaban J connectivity index is 1.58. The van der Waals surface area contributed by atoms with E-state index in [1.54, 1.807) is 11.4 Å². The lowest BCUT2D eigenvalue weighted by Gasteiger charge is -2.10.